The quantitative estimate of drug-likeness (QED) is 0.717. The van der Waals surface area contributed by atoms with E-state index in [2.05, 4.69) is 10.9 Å². The van der Waals surface area contributed by atoms with Crippen molar-refractivity contribution in [2.45, 2.75) is 12.8 Å². The van der Waals surface area contributed by atoms with Crippen LogP contribution in [0.3, 0.4) is 0 Å². The molecule has 1 aliphatic rings. The number of hydrogen-bond donors (Lipinski definition) is 3. The van der Waals surface area contributed by atoms with E-state index in [9.17, 15) is 14.4 Å². The van der Waals surface area contributed by atoms with Crippen LogP contribution in [0.25, 0.3) is 0 Å². The van der Waals surface area contributed by atoms with E-state index >= 15 is 0 Å². The lowest BCUT2D eigenvalue weighted by Crippen LogP contribution is -2.48. The Morgan fingerprint density at radius 3 is 2.45 bits per heavy atom. The Balaban J connectivity index is 1.81. The summed E-state index contributed by atoms with van der Waals surface area (Å²) in [7, 11) is 0. The van der Waals surface area contributed by atoms with E-state index in [1.54, 1.807) is 18.2 Å². The highest BCUT2D eigenvalue weighted by Crippen LogP contribution is 2.17. The third-order valence-electron chi connectivity index (χ3n) is 3.52. The van der Waals surface area contributed by atoms with Crippen molar-refractivity contribution >= 4 is 29.5 Å². The molecule has 8 heteroatoms. The fourth-order valence-electron chi connectivity index (χ4n) is 2.26. The van der Waals surface area contributed by atoms with Gasteiger partial charge in [-0.25, -0.2) is 4.79 Å². The zero-order valence-electron chi connectivity index (χ0n) is 11.7. The van der Waals surface area contributed by atoms with Crippen LogP contribution in [0, 0.1) is 5.92 Å². The van der Waals surface area contributed by atoms with E-state index in [1.165, 1.54) is 11.0 Å². The Morgan fingerprint density at radius 1 is 1.18 bits per heavy atom. The minimum atomic E-state index is -0.979. The van der Waals surface area contributed by atoms with Gasteiger partial charge >= 0.3 is 6.09 Å². The van der Waals surface area contributed by atoms with Crippen molar-refractivity contribution < 1.29 is 19.5 Å². The minimum absolute atomic E-state index is 0.310. The molecule has 3 N–H and O–H groups in total. The van der Waals surface area contributed by atoms with Gasteiger partial charge in [0.1, 0.15) is 0 Å². The summed E-state index contributed by atoms with van der Waals surface area (Å²) < 4.78 is 0. The number of likely N-dealkylation sites (tertiary alicyclic amines) is 1. The van der Waals surface area contributed by atoms with Crippen molar-refractivity contribution in [3.8, 4) is 0 Å². The van der Waals surface area contributed by atoms with Gasteiger partial charge in [-0.15, -0.1) is 0 Å². The number of hydrogen-bond acceptors (Lipinski definition) is 3. The molecule has 1 aliphatic heterocycles. The van der Waals surface area contributed by atoms with Crippen LogP contribution in [0.2, 0.25) is 5.02 Å². The molecular formula is C14H16ClN3O4. The van der Waals surface area contributed by atoms with Gasteiger partial charge in [-0.3, -0.25) is 20.4 Å². The molecule has 0 spiro atoms. The molecule has 0 aromatic heterocycles. The molecule has 1 aromatic carbocycles. The first-order chi connectivity index (χ1) is 10.5. The molecule has 0 atom stereocenters. The van der Waals surface area contributed by atoms with Crippen LogP contribution in [0.5, 0.6) is 0 Å². The van der Waals surface area contributed by atoms with Crippen molar-refractivity contribution in [3.05, 3.63) is 34.9 Å². The largest absolute Gasteiger partial charge is 0.465 e. The van der Waals surface area contributed by atoms with Crippen molar-refractivity contribution in [1.82, 2.24) is 15.8 Å². The fourth-order valence-corrected chi connectivity index (χ4v) is 2.45. The third-order valence-corrected chi connectivity index (χ3v) is 3.76. The van der Waals surface area contributed by atoms with E-state index in [0.29, 0.717) is 36.5 Å². The number of carboxylic acid groups (broad SMARTS) is 1. The van der Waals surface area contributed by atoms with E-state index in [0.717, 1.165) is 0 Å². The zero-order valence-corrected chi connectivity index (χ0v) is 12.5. The van der Waals surface area contributed by atoms with E-state index in [1.807, 2.05) is 0 Å². The monoisotopic (exact) mass is 325 g/mol. The van der Waals surface area contributed by atoms with Gasteiger partial charge in [-0.05, 0) is 31.0 Å². The summed E-state index contributed by atoms with van der Waals surface area (Å²) in [5.74, 6) is -1.09. The molecule has 1 saturated heterocycles. The number of nitrogens with one attached hydrogen (secondary N) is 2. The van der Waals surface area contributed by atoms with Crippen LogP contribution in [-0.4, -0.2) is 41.0 Å². The second-order valence-corrected chi connectivity index (χ2v) is 5.43. The summed E-state index contributed by atoms with van der Waals surface area (Å²) in [5.41, 5.74) is 5.04. The number of carbonyl (C=O) groups is 3. The maximum atomic E-state index is 12.0. The second kappa shape index (κ2) is 7.13. The summed E-state index contributed by atoms with van der Waals surface area (Å²) in [6, 6.07) is 6.36. The number of halogens is 1. The lowest BCUT2D eigenvalue weighted by molar-refractivity contribution is -0.127. The summed E-state index contributed by atoms with van der Waals surface area (Å²) >= 11 is 5.79. The summed E-state index contributed by atoms with van der Waals surface area (Å²) in [6.45, 7) is 0.630. The molecule has 3 amide bonds. The molecule has 118 valence electrons. The molecule has 1 fully saturated rings. The number of hydrazine groups is 1. The first-order valence-electron chi connectivity index (χ1n) is 6.81. The average Bonchev–Trinajstić information content (AvgIpc) is 2.52. The first kappa shape index (κ1) is 16.1. The van der Waals surface area contributed by atoms with Crippen molar-refractivity contribution in [2.75, 3.05) is 13.1 Å². The molecule has 0 aliphatic carbocycles. The smallest absolute Gasteiger partial charge is 0.407 e. The molecule has 0 bridgehead atoms. The SMILES string of the molecule is O=C(NNC(=O)C1CCN(C(=O)O)CC1)c1cccc(Cl)c1. The first-order valence-corrected chi connectivity index (χ1v) is 7.19. The maximum absolute atomic E-state index is 12.0. The highest BCUT2D eigenvalue weighted by Gasteiger charge is 2.27. The van der Waals surface area contributed by atoms with Gasteiger partial charge in [-0.1, -0.05) is 17.7 Å². The minimum Gasteiger partial charge on any atom is -0.465 e. The molecular weight excluding hydrogens is 310 g/mol. The van der Waals surface area contributed by atoms with Gasteiger partial charge in [0.05, 0.1) is 0 Å². The van der Waals surface area contributed by atoms with Gasteiger partial charge in [0.25, 0.3) is 5.91 Å². The number of rotatable bonds is 2. The topological polar surface area (TPSA) is 98.7 Å². The molecule has 0 saturated carbocycles. The van der Waals surface area contributed by atoms with Crippen LogP contribution in [0.1, 0.15) is 23.2 Å². The summed E-state index contributed by atoms with van der Waals surface area (Å²) in [6.07, 6.45) is -0.107. The Labute approximate surface area is 132 Å². The number of carbonyl (C=O) groups excluding carboxylic acids is 2. The number of amides is 3. The van der Waals surface area contributed by atoms with Gasteiger partial charge in [0.15, 0.2) is 0 Å². The van der Waals surface area contributed by atoms with Crippen molar-refractivity contribution in [3.63, 3.8) is 0 Å². The lowest BCUT2D eigenvalue weighted by Gasteiger charge is -2.29. The molecule has 1 heterocycles. The molecule has 1 aromatic rings. The van der Waals surface area contributed by atoms with Crippen LogP contribution >= 0.6 is 11.6 Å². The Kier molecular flexibility index (Phi) is 5.21. The van der Waals surface area contributed by atoms with E-state index < -0.39 is 12.0 Å². The highest BCUT2D eigenvalue weighted by atomic mass is 35.5. The molecule has 2 rings (SSSR count). The normalized spacial score (nSPS) is 15.2. The van der Waals surface area contributed by atoms with Crippen LogP contribution < -0.4 is 10.9 Å². The highest BCUT2D eigenvalue weighted by molar-refractivity contribution is 6.30. The van der Waals surface area contributed by atoms with Crippen molar-refractivity contribution in [2.24, 2.45) is 5.92 Å². The standard InChI is InChI=1S/C14H16ClN3O4/c15-11-3-1-2-10(8-11)13(20)17-16-12(19)9-4-6-18(7-5-9)14(21)22/h1-3,8-9H,4-7H2,(H,16,19)(H,17,20)(H,21,22). The summed E-state index contributed by atoms with van der Waals surface area (Å²) in [5, 5.41) is 9.28. The zero-order chi connectivity index (χ0) is 16.1. The molecule has 22 heavy (non-hydrogen) atoms. The van der Waals surface area contributed by atoms with Crippen LogP contribution in [-0.2, 0) is 4.79 Å². The van der Waals surface area contributed by atoms with E-state index in [4.69, 9.17) is 16.7 Å². The summed E-state index contributed by atoms with van der Waals surface area (Å²) in [4.78, 5) is 35.9. The number of piperidine rings is 1. The number of benzene rings is 1. The maximum Gasteiger partial charge on any atom is 0.407 e. The lowest BCUT2D eigenvalue weighted by atomic mass is 9.96. The Morgan fingerprint density at radius 2 is 1.86 bits per heavy atom. The predicted molar refractivity (Wildman–Crippen MR) is 79.4 cm³/mol. The van der Waals surface area contributed by atoms with Crippen LogP contribution in [0.4, 0.5) is 4.79 Å². The molecule has 0 radical (unpaired) electrons. The second-order valence-electron chi connectivity index (χ2n) is 5.00. The molecule has 7 nitrogen and oxygen atoms in total. The van der Waals surface area contributed by atoms with Gasteiger partial charge in [0, 0.05) is 29.6 Å². The van der Waals surface area contributed by atoms with Crippen molar-refractivity contribution in [1.29, 1.82) is 0 Å². The Bertz CT molecular complexity index is 585. The fraction of sp³-hybridized carbons (Fsp3) is 0.357. The molecule has 0 unspecified atom stereocenters. The van der Waals surface area contributed by atoms with Gasteiger partial charge in [-0.2, -0.15) is 0 Å². The van der Waals surface area contributed by atoms with Gasteiger partial charge < -0.3 is 10.0 Å². The number of nitrogens with zero attached hydrogens (tertiary/aromatic N) is 1. The van der Waals surface area contributed by atoms with Crippen LogP contribution in [0.15, 0.2) is 24.3 Å². The average molecular weight is 326 g/mol. The van der Waals surface area contributed by atoms with Gasteiger partial charge in [0.2, 0.25) is 5.91 Å². The predicted octanol–water partition coefficient (Wildman–Crippen LogP) is 1.49. The Hall–Kier alpha value is -2.28. The third kappa shape index (κ3) is 4.11. The van der Waals surface area contributed by atoms with E-state index in [-0.39, 0.29) is 11.8 Å².